The first-order valence-corrected chi connectivity index (χ1v) is 8.63. The molecule has 0 atom stereocenters. The van der Waals surface area contributed by atoms with Gasteiger partial charge >= 0.3 is 0 Å². The maximum atomic E-state index is 5.40. The third-order valence-electron chi connectivity index (χ3n) is 3.28. The van der Waals surface area contributed by atoms with Crippen LogP contribution in [0, 0.1) is 5.92 Å². The molecule has 0 saturated heterocycles. The van der Waals surface area contributed by atoms with Gasteiger partial charge in [0.2, 0.25) is 5.89 Å². The highest BCUT2D eigenvalue weighted by Crippen LogP contribution is 2.27. The van der Waals surface area contributed by atoms with Crippen molar-refractivity contribution in [2.75, 3.05) is 7.11 Å². The molecule has 1 aromatic carbocycles. The van der Waals surface area contributed by atoms with Crippen LogP contribution in [0.3, 0.4) is 0 Å². The number of benzene rings is 1. The molecule has 0 spiro atoms. The van der Waals surface area contributed by atoms with Crippen LogP contribution in [0.1, 0.15) is 25.6 Å². The summed E-state index contributed by atoms with van der Waals surface area (Å²) in [4.78, 5) is 4.41. The Labute approximate surface area is 144 Å². The van der Waals surface area contributed by atoms with Crippen molar-refractivity contribution in [2.24, 2.45) is 5.92 Å². The molecule has 0 radical (unpaired) electrons. The fourth-order valence-corrected chi connectivity index (χ4v) is 2.99. The van der Waals surface area contributed by atoms with Crippen molar-refractivity contribution in [1.29, 1.82) is 0 Å². The topological polar surface area (TPSA) is 78.9 Å². The Morgan fingerprint density at radius 3 is 2.92 bits per heavy atom. The maximum absolute atomic E-state index is 5.40. The first kappa shape index (κ1) is 16.5. The normalized spacial score (nSPS) is 11.2. The molecule has 0 aliphatic rings. The molecule has 0 N–H and O–H groups in total. The molecule has 126 valence electrons. The Bertz CT molecular complexity index is 799. The second-order valence-electron chi connectivity index (χ2n) is 5.65. The van der Waals surface area contributed by atoms with Gasteiger partial charge in [-0.15, -0.1) is 10.2 Å². The van der Waals surface area contributed by atoms with Crippen molar-refractivity contribution in [2.45, 2.75) is 31.2 Å². The number of methoxy groups -OCH3 is 1. The molecule has 0 bridgehead atoms. The molecule has 24 heavy (non-hydrogen) atoms. The monoisotopic (exact) mass is 345 g/mol. The van der Waals surface area contributed by atoms with Gasteiger partial charge in [0.15, 0.2) is 11.0 Å². The molecule has 0 aliphatic carbocycles. The Morgan fingerprint density at radius 2 is 2.12 bits per heavy atom. The van der Waals surface area contributed by atoms with Crippen molar-refractivity contribution >= 4 is 11.8 Å². The SMILES string of the molecule is COc1ccccc1-n1cnnc1SCc1noc(CC(C)C)n1. The van der Waals surface area contributed by atoms with Crippen LogP contribution < -0.4 is 4.74 Å². The standard InChI is InChI=1S/C16H19N5O2S/c1-11(2)8-15-18-14(20-23-15)9-24-16-19-17-10-21(16)12-6-4-5-7-13(12)22-3/h4-7,10-11H,8-9H2,1-3H3. The molecule has 0 saturated carbocycles. The van der Waals surface area contributed by atoms with Gasteiger partial charge in [-0.2, -0.15) is 4.98 Å². The molecule has 2 aromatic heterocycles. The van der Waals surface area contributed by atoms with Crippen LogP contribution >= 0.6 is 11.8 Å². The molecule has 2 heterocycles. The van der Waals surface area contributed by atoms with Crippen LogP contribution in [-0.2, 0) is 12.2 Å². The number of hydrogen-bond donors (Lipinski definition) is 0. The van der Waals surface area contributed by atoms with Gasteiger partial charge in [-0.1, -0.05) is 42.9 Å². The largest absolute Gasteiger partial charge is 0.495 e. The molecule has 0 unspecified atom stereocenters. The van der Waals surface area contributed by atoms with Crippen LogP contribution in [0.5, 0.6) is 5.75 Å². The van der Waals surface area contributed by atoms with E-state index in [9.17, 15) is 0 Å². The fourth-order valence-electron chi connectivity index (χ4n) is 2.23. The van der Waals surface area contributed by atoms with Crippen molar-refractivity contribution in [3.05, 3.63) is 42.3 Å². The molecule has 0 fully saturated rings. The smallest absolute Gasteiger partial charge is 0.226 e. The average Bonchev–Trinajstić information content (AvgIpc) is 3.21. The Hall–Kier alpha value is -2.35. The third-order valence-corrected chi connectivity index (χ3v) is 4.22. The number of thioether (sulfide) groups is 1. The lowest BCUT2D eigenvalue weighted by Crippen LogP contribution is -1.99. The van der Waals surface area contributed by atoms with E-state index in [2.05, 4.69) is 34.2 Å². The van der Waals surface area contributed by atoms with Crippen LogP contribution in [0.2, 0.25) is 0 Å². The summed E-state index contributed by atoms with van der Waals surface area (Å²) >= 11 is 1.50. The van der Waals surface area contributed by atoms with Crippen LogP contribution in [-0.4, -0.2) is 32.0 Å². The summed E-state index contributed by atoms with van der Waals surface area (Å²) in [6, 6.07) is 7.74. The van der Waals surface area contributed by atoms with Gasteiger partial charge < -0.3 is 9.26 Å². The van der Waals surface area contributed by atoms with Crippen LogP contribution in [0.25, 0.3) is 5.69 Å². The van der Waals surface area contributed by atoms with E-state index in [1.807, 2.05) is 28.8 Å². The van der Waals surface area contributed by atoms with Crippen molar-refractivity contribution in [3.8, 4) is 11.4 Å². The van der Waals surface area contributed by atoms with E-state index >= 15 is 0 Å². The minimum atomic E-state index is 0.486. The van der Waals surface area contributed by atoms with E-state index in [1.54, 1.807) is 13.4 Å². The summed E-state index contributed by atoms with van der Waals surface area (Å²) in [6.45, 7) is 4.24. The number of ether oxygens (including phenoxy) is 1. The van der Waals surface area contributed by atoms with Gasteiger partial charge in [-0.3, -0.25) is 4.57 Å². The first-order valence-electron chi connectivity index (χ1n) is 7.65. The number of hydrogen-bond acceptors (Lipinski definition) is 7. The fraction of sp³-hybridized carbons (Fsp3) is 0.375. The number of aromatic nitrogens is 5. The second kappa shape index (κ2) is 7.48. The highest BCUT2D eigenvalue weighted by Gasteiger charge is 2.14. The Morgan fingerprint density at radius 1 is 1.29 bits per heavy atom. The summed E-state index contributed by atoms with van der Waals surface area (Å²) in [5, 5.41) is 12.9. The predicted molar refractivity (Wildman–Crippen MR) is 90.3 cm³/mol. The zero-order chi connectivity index (χ0) is 16.9. The Kier molecular flexibility index (Phi) is 5.14. The van der Waals surface area contributed by atoms with Gasteiger partial charge in [0.1, 0.15) is 12.1 Å². The summed E-state index contributed by atoms with van der Waals surface area (Å²) in [5.74, 6) is 3.14. The van der Waals surface area contributed by atoms with E-state index in [1.165, 1.54) is 11.8 Å². The van der Waals surface area contributed by atoms with Gasteiger partial charge in [0.05, 0.1) is 18.6 Å². The van der Waals surface area contributed by atoms with Crippen molar-refractivity contribution in [1.82, 2.24) is 24.9 Å². The quantitative estimate of drug-likeness (QED) is 0.609. The lowest BCUT2D eigenvalue weighted by atomic mass is 10.1. The second-order valence-corrected chi connectivity index (χ2v) is 6.59. The zero-order valence-corrected chi connectivity index (χ0v) is 14.7. The molecule has 3 rings (SSSR count). The summed E-state index contributed by atoms with van der Waals surface area (Å²) in [6.07, 6.45) is 2.45. The zero-order valence-electron chi connectivity index (χ0n) is 13.8. The lowest BCUT2D eigenvalue weighted by molar-refractivity contribution is 0.360. The van der Waals surface area contributed by atoms with E-state index in [4.69, 9.17) is 9.26 Å². The molecule has 0 aliphatic heterocycles. The van der Waals surface area contributed by atoms with Gasteiger partial charge in [0, 0.05) is 6.42 Å². The number of rotatable bonds is 7. The minimum Gasteiger partial charge on any atom is -0.495 e. The van der Waals surface area contributed by atoms with Gasteiger partial charge in [0.25, 0.3) is 0 Å². The highest BCUT2D eigenvalue weighted by atomic mass is 32.2. The minimum absolute atomic E-state index is 0.486. The highest BCUT2D eigenvalue weighted by molar-refractivity contribution is 7.98. The summed E-state index contributed by atoms with van der Waals surface area (Å²) in [5.41, 5.74) is 0.890. The number of nitrogens with zero attached hydrogens (tertiary/aromatic N) is 5. The first-order chi connectivity index (χ1) is 11.7. The molecular weight excluding hydrogens is 326 g/mol. The van der Waals surface area contributed by atoms with Gasteiger partial charge in [-0.05, 0) is 18.1 Å². The van der Waals surface area contributed by atoms with Crippen molar-refractivity contribution < 1.29 is 9.26 Å². The third kappa shape index (κ3) is 3.76. The van der Waals surface area contributed by atoms with Crippen molar-refractivity contribution in [3.63, 3.8) is 0 Å². The lowest BCUT2D eigenvalue weighted by Gasteiger charge is -2.10. The molecule has 8 heteroatoms. The Balaban J connectivity index is 1.73. The average molecular weight is 345 g/mol. The van der Waals surface area contributed by atoms with E-state index in [-0.39, 0.29) is 0 Å². The molecule has 3 aromatic rings. The summed E-state index contributed by atoms with van der Waals surface area (Å²) in [7, 11) is 1.64. The molecular formula is C16H19N5O2S. The van der Waals surface area contributed by atoms with Crippen LogP contribution in [0.4, 0.5) is 0 Å². The molecule has 7 nitrogen and oxygen atoms in total. The van der Waals surface area contributed by atoms with Gasteiger partial charge in [-0.25, -0.2) is 0 Å². The van der Waals surface area contributed by atoms with E-state index < -0.39 is 0 Å². The number of para-hydroxylation sites is 2. The van der Waals surface area contributed by atoms with E-state index in [0.29, 0.717) is 23.4 Å². The van der Waals surface area contributed by atoms with Crippen LogP contribution in [0.15, 0.2) is 40.3 Å². The maximum Gasteiger partial charge on any atom is 0.226 e. The summed E-state index contributed by atoms with van der Waals surface area (Å²) < 4.78 is 12.5. The predicted octanol–water partition coefficient (Wildman–Crippen LogP) is 3.15. The molecule has 0 amide bonds. The van der Waals surface area contributed by atoms with E-state index in [0.717, 1.165) is 23.0 Å².